The zero-order chi connectivity index (χ0) is 18.9. The van der Waals surface area contributed by atoms with Crippen molar-refractivity contribution in [3.05, 3.63) is 95.0 Å². The number of ether oxygens (including phenoxy) is 1. The van der Waals surface area contributed by atoms with Gasteiger partial charge in [-0.2, -0.15) is 5.10 Å². The molecule has 4 nitrogen and oxygen atoms in total. The van der Waals surface area contributed by atoms with E-state index in [0.29, 0.717) is 16.7 Å². The molecule has 3 aromatic rings. The Morgan fingerprint density at radius 3 is 2.59 bits per heavy atom. The van der Waals surface area contributed by atoms with Crippen LogP contribution in [0.1, 0.15) is 11.1 Å². The largest absolute Gasteiger partial charge is 0.488 e. The van der Waals surface area contributed by atoms with E-state index in [1.807, 2.05) is 78.9 Å². The summed E-state index contributed by atoms with van der Waals surface area (Å²) in [6.07, 6.45) is 1.67. The minimum absolute atomic E-state index is 0.412. The molecule has 27 heavy (non-hydrogen) atoms. The third-order valence-corrected chi connectivity index (χ3v) is 4.03. The molecule has 0 amide bonds. The lowest BCUT2D eigenvalue weighted by molar-refractivity contribution is 0.306. The zero-order valence-corrected chi connectivity index (χ0v) is 16.0. The smallest absolute Gasteiger partial charge is 0.191 e. The predicted molar refractivity (Wildman–Crippen MR) is 116 cm³/mol. The number of hydrogen-bond acceptors (Lipinski definition) is 3. The average Bonchev–Trinajstić information content (AvgIpc) is 2.68. The molecule has 3 aromatic carbocycles. The van der Waals surface area contributed by atoms with Gasteiger partial charge in [0.1, 0.15) is 12.4 Å². The number of hydrogen-bond donors (Lipinski definition) is 2. The molecular formula is C21H18ClN3OS. The van der Waals surface area contributed by atoms with E-state index >= 15 is 0 Å². The topological polar surface area (TPSA) is 45.7 Å². The Morgan fingerprint density at radius 1 is 1.00 bits per heavy atom. The van der Waals surface area contributed by atoms with Crippen LogP contribution < -0.4 is 15.5 Å². The Morgan fingerprint density at radius 2 is 1.78 bits per heavy atom. The number of thiocarbonyl (C=S) groups is 1. The summed E-state index contributed by atoms with van der Waals surface area (Å²) in [5.74, 6) is 0.727. The molecule has 2 N–H and O–H groups in total. The quantitative estimate of drug-likeness (QED) is 0.340. The van der Waals surface area contributed by atoms with E-state index < -0.39 is 0 Å². The standard InChI is InChI=1S/C21H18ClN3OS/c22-18-9-6-7-16(13-18)15-26-20-12-5-4-8-17(20)14-23-25-21(27)24-19-10-2-1-3-11-19/h1-14H,15H2,(H2,24,25,27)/b23-14+. The van der Waals surface area contributed by atoms with Crippen molar-refractivity contribution in [2.45, 2.75) is 6.61 Å². The lowest BCUT2D eigenvalue weighted by atomic mass is 10.2. The summed E-state index contributed by atoms with van der Waals surface area (Å²) in [7, 11) is 0. The fourth-order valence-corrected chi connectivity index (χ4v) is 2.73. The summed E-state index contributed by atoms with van der Waals surface area (Å²) >= 11 is 11.2. The van der Waals surface area contributed by atoms with Gasteiger partial charge in [0.2, 0.25) is 0 Å². The first kappa shape index (κ1) is 18.9. The third-order valence-electron chi connectivity index (χ3n) is 3.60. The zero-order valence-electron chi connectivity index (χ0n) is 14.4. The molecular weight excluding hydrogens is 378 g/mol. The number of para-hydroxylation sites is 2. The molecule has 0 aromatic heterocycles. The Bertz CT molecular complexity index is 931. The molecule has 0 bridgehead atoms. The second-order valence-corrected chi connectivity index (χ2v) is 6.49. The first-order valence-electron chi connectivity index (χ1n) is 8.32. The van der Waals surface area contributed by atoms with Gasteiger partial charge in [-0.05, 0) is 54.2 Å². The molecule has 0 fully saturated rings. The monoisotopic (exact) mass is 395 g/mol. The molecule has 0 atom stereocenters. The van der Waals surface area contributed by atoms with Gasteiger partial charge in [0.05, 0.1) is 6.21 Å². The third kappa shape index (κ3) is 6.09. The van der Waals surface area contributed by atoms with Gasteiger partial charge in [0.25, 0.3) is 0 Å². The fourth-order valence-electron chi connectivity index (χ4n) is 2.35. The van der Waals surface area contributed by atoms with Crippen LogP contribution in [-0.4, -0.2) is 11.3 Å². The van der Waals surface area contributed by atoms with E-state index in [4.69, 9.17) is 28.6 Å². The molecule has 0 radical (unpaired) electrons. The summed E-state index contributed by atoms with van der Waals surface area (Å²) in [4.78, 5) is 0. The highest BCUT2D eigenvalue weighted by Gasteiger charge is 2.02. The number of nitrogens with zero attached hydrogens (tertiary/aromatic N) is 1. The normalized spacial score (nSPS) is 10.6. The number of rotatable bonds is 6. The van der Waals surface area contributed by atoms with E-state index in [1.165, 1.54) is 0 Å². The second-order valence-electron chi connectivity index (χ2n) is 5.65. The summed E-state index contributed by atoms with van der Waals surface area (Å²) < 4.78 is 5.91. The first-order chi connectivity index (χ1) is 13.2. The average molecular weight is 396 g/mol. The van der Waals surface area contributed by atoms with Crippen molar-refractivity contribution < 1.29 is 4.74 Å². The highest BCUT2D eigenvalue weighted by atomic mass is 35.5. The number of benzene rings is 3. The minimum Gasteiger partial charge on any atom is -0.488 e. The highest BCUT2D eigenvalue weighted by Crippen LogP contribution is 2.19. The molecule has 3 rings (SSSR count). The molecule has 0 heterocycles. The predicted octanol–water partition coefficient (Wildman–Crippen LogP) is 5.24. The van der Waals surface area contributed by atoms with Gasteiger partial charge >= 0.3 is 0 Å². The Kier molecular flexibility index (Phi) is 6.79. The van der Waals surface area contributed by atoms with Crippen LogP contribution in [0.2, 0.25) is 5.02 Å². The molecule has 0 unspecified atom stereocenters. The van der Waals surface area contributed by atoms with Crippen molar-refractivity contribution in [3.8, 4) is 5.75 Å². The van der Waals surface area contributed by atoms with Crippen molar-refractivity contribution in [1.29, 1.82) is 0 Å². The lowest BCUT2D eigenvalue weighted by Gasteiger charge is -2.10. The van der Waals surface area contributed by atoms with Gasteiger partial charge in [-0.3, -0.25) is 5.43 Å². The molecule has 6 heteroatoms. The maximum Gasteiger partial charge on any atom is 0.191 e. The maximum atomic E-state index is 6.01. The maximum absolute atomic E-state index is 6.01. The van der Waals surface area contributed by atoms with Crippen molar-refractivity contribution in [2.75, 3.05) is 5.32 Å². The summed E-state index contributed by atoms with van der Waals surface area (Å²) in [6.45, 7) is 0.423. The van der Waals surface area contributed by atoms with E-state index in [0.717, 1.165) is 22.6 Å². The van der Waals surface area contributed by atoms with Crippen LogP contribution in [-0.2, 0) is 6.61 Å². The van der Waals surface area contributed by atoms with Gasteiger partial charge in [-0.25, -0.2) is 0 Å². The Hall–Kier alpha value is -2.89. The highest BCUT2D eigenvalue weighted by molar-refractivity contribution is 7.80. The van der Waals surface area contributed by atoms with Crippen molar-refractivity contribution >= 4 is 40.8 Å². The van der Waals surface area contributed by atoms with Gasteiger partial charge in [0, 0.05) is 16.3 Å². The van der Waals surface area contributed by atoms with E-state index in [-0.39, 0.29) is 0 Å². The van der Waals surface area contributed by atoms with Crippen LogP contribution in [0.3, 0.4) is 0 Å². The summed E-state index contributed by atoms with van der Waals surface area (Å²) in [6, 6.07) is 24.9. The van der Waals surface area contributed by atoms with Crippen LogP contribution in [0, 0.1) is 0 Å². The lowest BCUT2D eigenvalue weighted by Crippen LogP contribution is -2.23. The SMILES string of the molecule is S=C(N/N=C/c1ccccc1OCc1cccc(Cl)c1)Nc1ccccc1. The van der Waals surface area contributed by atoms with Crippen LogP contribution >= 0.6 is 23.8 Å². The van der Waals surface area contributed by atoms with Crippen LogP contribution in [0.25, 0.3) is 0 Å². The molecule has 0 aliphatic heterocycles. The molecule has 0 aliphatic carbocycles. The molecule has 0 aliphatic rings. The molecule has 0 saturated carbocycles. The summed E-state index contributed by atoms with van der Waals surface area (Å²) in [5, 5.41) is 8.35. The van der Waals surface area contributed by atoms with Crippen molar-refractivity contribution in [1.82, 2.24) is 5.43 Å². The Balaban J connectivity index is 1.58. The number of anilines is 1. The van der Waals surface area contributed by atoms with Gasteiger partial charge in [-0.15, -0.1) is 0 Å². The van der Waals surface area contributed by atoms with Crippen molar-refractivity contribution in [2.24, 2.45) is 5.10 Å². The second kappa shape index (κ2) is 9.71. The van der Waals surface area contributed by atoms with E-state index in [9.17, 15) is 0 Å². The van der Waals surface area contributed by atoms with E-state index in [2.05, 4.69) is 15.8 Å². The Labute approximate surface area is 168 Å². The van der Waals surface area contributed by atoms with Crippen LogP contribution in [0.15, 0.2) is 84.0 Å². The van der Waals surface area contributed by atoms with Crippen molar-refractivity contribution in [3.63, 3.8) is 0 Å². The first-order valence-corrected chi connectivity index (χ1v) is 9.11. The van der Waals surface area contributed by atoms with E-state index in [1.54, 1.807) is 6.21 Å². The number of halogens is 1. The minimum atomic E-state index is 0.412. The summed E-state index contributed by atoms with van der Waals surface area (Å²) in [5.41, 5.74) is 5.55. The number of hydrazone groups is 1. The van der Waals surface area contributed by atoms with Crippen LogP contribution in [0.5, 0.6) is 5.75 Å². The van der Waals surface area contributed by atoms with Gasteiger partial charge in [0.15, 0.2) is 5.11 Å². The fraction of sp³-hybridized carbons (Fsp3) is 0.0476. The number of nitrogens with one attached hydrogen (secondary N) is 2. The van der Waals surface area contributed by atoms with Gasteiger partial charge < -0.3 is 10.1 Å². The molecule has 0 spiro atoms. The van der Waals surface area contributed by atoms with Crippen LogP contribution in [0.4, 0.5) is 5.69 Å². The molecule has 0 saturated heterocycles. The van der Waals surface area contributed by atoms with Gasteiger partial charge in [-0.1, -0.05) is 54.1 Å². The molecule has 136 valence electrons.